The summed E-state index contributed by atoms with van der Waals surface area (Å²) >= 11 is 0. The van der Waals surface area contributed by atoms with Crippen molar-refractivity contribution >= 4 is 16.9 Å². The van der Waals surface area contributed by atoms with Crippen LogP contribution >= 0.6 is 0 Å². The minimum Gasteiger partial charge on any atom is -0.464 e. The summed E-state index contributed by atoms with van der Waals surface area (Å²) < 4.78 is 11.2. The summed E-state index contributed by atoms with van der Waals surface area (Å²) in [6, 6.07) is 7.81. The molecular weight excluding hydrogens is 306 g/mol. The van der Waals surface area contributed by atoms with Crippen molar-refractivity contribution in [3.05, 3.63) is 53.5 Å². The Kier molecular flexibility index (Phi) is 3.82. The van der Waals surface area contributed by atoms with Crippen LogP contribution < -0.4 is 0 Å². The van der Waals surface area contributed by atoms with Gasteiger partial charge in [0, 0.05) is 23.7 Å². The zero-order valence-corrected chi connectivity index (χ0v) is 13.5. The Labute approximate surface area is 139 Å². The summed E-state index contributed by atoms with van der Waals surface area (Å²) in [5.74, 6) is 0.0705. The largest absolute Gasteiger partial charge is 0.464 e. The third-order valence-corrected chi connectivity index (χ3v) is 4.48. The molecule has 1 aromatic carbocycles. The Morgan fingerprint density at radius 1 is 1.42 bits per heavy atom. The number of furan rings is 1. The molecule has 1 amide bonds. The molecule has 0 saturated carbocycles. The van der Waals surface area contributed by atoms with Crippen molar-refractivity contribution in [1.82, 2.24) is 15.1 Å². The van der Waals surface area contributed by atoms with Gasteiger partial charge in [-0.15, -0.1) is 0 Å². The lowest BCUT2D eigenvalue weighted by Crippen LogP contribution is -2.44. The van der Waals surface area contributed by atoms with E-state index in [4.69, 9.17) is 9.15 Å². The van der Waals surface area contributed by atoms with Crippen molar-refractivity contribution in [2.75, 3.05) is 19.8 Å². The predicted molar refractivity (Wildman–Crippen MR) is 88.5 cm³/mol. The fourth-order valence-electron chi connectivity index (χ4n) is 3.20. The Balaban J connectivity index is 1.57. The number of fused-ring (bicyclic) bond motifs is 1. The number of rotatable bonds is 3. The molecule has 124 valence electrons. The molecule has 6 nitrogen and oxygen atoms in total. The van der Waals surface area contributed by atoms with Crippen LogP contribution in [-0.2, 0) is 16.0 Å². The number of ether oxygens (including phenoxy) is 1. The van der Waals surface area contributed by atoms with Crippen LogP contribution in [0, 0.1) is 6.92 Å². The standard InChI is InChI=1S/C18H19N3O3/c1-12-2-3-14-13(10-24-17(14)8-12)9-18(22)21-6-7-23-11-16(21)15-4-5-19-20-15/h2-5,8,10,16H,6-7,9,11H2,1H3,(H,19,20). The number of aryl methyl sites for hydroxylation is 1. The molecule has 1 saturated heterocycles. The molecule has 0 radical (unpaired) electrons. The summed E-state index contributed by atoms with van der Waals surface area (Å²) in [5.41, 5.74) is 3.78. The lowest BCUT2D eigenvalue weighted by atomic mass is 10.1. The zero-order chi connectivity index (χ0) is 16.5. The molecule has 1 aliphatic heterocycles. The molecule has 1 aliphatic rings. The van der Waals surface area contributed by atoms with Gasteiger partial charge in [0.1, 0.15) is 5.58 Å². The molecule has 2 aromatic heterocycles. The fourth-order valence-corrected chi connectivity index (χ4v) is 3.20. The number of nitrogens with zero attached hydrogens (tertiary/aromatic N) is 2. The molecule has 4 rings (SSSR count). The third kappa shape index (κ3) is 2.69. The molecule has 1 N–H and O–H groups in total. The van der Waals surface area contributed by atoms with Gasteiger partial charge in [-0.25, -0.2) is 0 Å². The number of hydrogen-bond acceptors (Lipinski definition) is 4. The van der Waals surface area contributed by atoms with Crippen LogP contribution in [0.1, 0.15) is 22.9 Å². The Hall–Kier alpha value is -2.60. The van der Waals surface area contributed by atoms with E-state index in [9.17, 15) is 4.79 Å². The number of morpholine rings is 1. The van der Waals surface area contributed by atoms with Gasteiger partial charge in [-0.2, -0.15) is 5.10 Å². The van der Waals surface area contributed by atoms with Crippen molar-refractivity contribution in [3.63, 3.8) is 0 Å². The molecule has 1 unspecified atom stereocenters. The van der Waals surface area contributed by atoms with Gasteiger partial charge in [0.25, 0.3) is 0 Å². The number of H-pyrrole nitrogens is 1. The molecule has 0 aliphatic carbocycles. The molecule has 24 heavy (non-hydrogen) atoms. The average Bonchev–Trinajstić information content (AvgIpc) is 3.25. The van der Waals surface area contributed by atoms with Gasteiger partial charge in [-0.3, -0.25) is 9.89 Å². The van der Waals surface area contributed by atoms with E-state index in [1.807, 2.05) is 36.1 Å². The molecule has 0 bridgehead atoms. The fraction of sp³-hybridized carbons (Fsp3) is 0.333. The quantitative estimate of drug-likeness (QED) is 0.803. The van der Waals surface area contributed by atoms with E-state index >= 15 is 0 Å². The number of hydrogen-bond donors (Lipinski definition) is 1. The van der Waals surface area contributed by atoms with E-state index in [2.05, 4.69) is 10.2 Å². The smallest absolute Gasteiger partial charge is 0.227 e. The second-order valence-corrected chi connectivity index (χ2v) is 6.13. The van der Waals surface area contributed by atoms with E-state index in [1.54, 1.807) is 12.5 Å². The van der Waals surface area contributed by atoms with Crippen molar-refractivity contribution < 1.29 is 13.9 Å². The first kappa shape index (κ1) is 15.0. The minimum atomic E-state index is -0.117. The molecule has 3 heterocycles. The maximum Gasteiger partial charge on any atom is 0.227 e. The van der Waals surface area contributed by atoms with Gasteiger partial charge in [-0.1, -0.05) is 12.1 Å². The predicted octanol–water partition coefficient (Wildman–Crippen LogP) is 2.61. The molecular formula is C18H19N3O3. The number of amides is 1. The van der Waals surface area contributed by atoms with Crippen molar-refractivity contribution in [3.8, 4) is 0 Å². The second-order valence-electron chi connectivity index (χ2n) is 6.13. The summed E-state index contributed by atoms with van der Waals surface area (Å²) in [6.45, 7) is 3.65. The zero-order valence-electron chi connectivity index (χ0n) is 13.5. The van der Waals surface area contributed by atoms with Crippen molar-refractivity contribution in [2.45, 2.75) is 19.4 Å². The van der Waals surface area contributed by atoms with Gasteiger partial charge >= 0.3 is 0 Å². The van der Waals surface area contributed by atoms with Crippen LogP contribution in [0.4, 0.5) is 0 Å². The number of nitrogens with one attached hydrogen (secondary N) is 1. The van der Waals surface area contributed by atoms with E-state index in [1.165, 1.54) is 0 Å². The van der Waals surface area contributed by atoms with E-state index in [0.29, 0.717) is 26.2 Å². The summed E-state index contributed by atoms with van der Waals surface area (Å²) in [4.78, 5) is 14.7. The van der Waals surface area contributed by atoms with E-state index in [-0.39, 0.29) is 11.9 Å². The summed E-state index contributed by atoms with van der Waals surface area (Å²) in [5, 5.41) is 7.93. The maximum absolute atomic E-state index is 12.9. The van der Waals surface area contributed by atoms with Gasteiger partial charge in [0.2, 0.25) is 5.91 Å². The van der Waals surface area contributed by atoms with Crippen LogP contribution in [0.25, 0.3) is 11.0 Å². The first-order chi connectivity index (χ1) is 11.7. The Morgan fingerprint density at radius 2 is 2.33 bits per heavy atom. The highest BCUT2D eigenvalue weighted by Gasteiger charge is 2.30. The first-order valence-electron chi connectivity index (χ1n) is 8.05. The third-order valence-electron chi connectivity index (χ3n) is 4.48. The highest BCUT2D eigenvalue weighted by molar-refractivity contribution is 5.88. The van der Waals surface area contributed by atoms with Crippen LogP contribution in [-0.4, -0.2) is 40.8 Å². The molecule has 1 fully saturated rings. The normalized spacial score (nSPS) is 18.2. The average molecular weight is 325 g/mol. The van der Waals surface area contributed by atoms with Crippen LogP contribution in [0.15, 0.2) is 41.1 Å². The number of carbonyl (C=O) groups is 1. The van der Waals surface area contributed by atoms with Gasteiger partial charge in [0.05, 0.1) is 37.6 Å². The van der Waals surface area contributed by atoms with Crippen LogP contribution in [0.3, 0.4) is 0 Å². The summed E-state index contributed by atoms with van der Waals surface area (Å²) in [7, 11) is 0. The number of benzene rings is 1. The lowest BCUT2D eigenvalue weighted by molar-refractivity contribution is -0.139. The molecule has 6 heteroatoms. The Bertz CT molecular complexity index is 854. The van der Waals surface area contributed by atoms with Crippen molar-refractivity contribution in [2.24, 2.45) is 0 Å². The Morgan fingerprint density at radius 3 is 3.17 bits per heavy atom. The SMILES string of the molecule is Cc1ccc2c(CC(=O)N3CCOCC3c3ccn[nH]3)coc2c1. The molecule has 1 atom stereocenters. The van der Waals surface area contributed by atoms with Crippen LogP contribution in [0.5, 0.6) is 0 Å². The number of aromatic nitrogens is 2. The van der Waals surface area contributed by atoms with Gasteiger partial charge in [0.15, 0.2) is 0 Å². The maximum atomic E-state index is 12.9. The van der Waals surface area contributed by atoms with E-state index in [0.717, 1.165) is 27.8 Å². The molecule has 3 aromatic rings. The highest BCUT2D eigenvalue weighted by atomic mass is 16.5. The number of carbonyl (C=O) groups excluding carboxylic acids is 1. The molecule has 0 spiro atoms. The summed E-state index contributed by atoms with van der Waals surface area (Å²) in [6.07, 6.45) is 3.70. The van der Waals surface area contributed by atoms with Crippen molar-refractivity contribution in [1.29, 1.82) is 0 Å². The van der Waals surface area contributed by atoms with Gasteiger partial charge < -0.3 is 14.1 Å². The number of aromatic amines is 1. The lowest BCUT2D eigenvalue weighted by Gasteiger charge is -2.35. The monoisotopic (exact) mass is 325 g/mol. The first-order valence-corrected chi connectivity index (χ1v) is 8.05. The van der Waals surface area contributed by atoms with Gasteiger partial charge in [-0.05, 0) is 24.6 Å². The van der Waals surface area contributed by atoms with Crippen LogP contribution in [0.2, 0.25) is 0 Å². The minimum absolute atomic E-state index is 0.0705. The van der Waals surface area contributed by atoms with E-state index < -0.39 is 0 Å². The highest BCUT2D eigenvalue weighted by Crippen LogP contribution is 2.26. The topological polar surface area (TPSA) is 71.4 Å². The second kappa shape index (κ2) is 6.13.